The average Bonchev–Trinajstić information content (AvgIpc) is 2.28. The molecule has 0 unspecified atom stereocenters. The number of anilines is 1. The third-order valence-corrected chi connectivity index (χ3v) is 2.20. The van der Waals surface area contributed by atoms with Gasteiger partial charge in [-0.3, -0.25) is 4.79 Å². The molecule has 6 nitrogen and oxygen atoms in total. The third-order valence-electron chi connectivity index (χ3n) is 2.20. The van der Waals surface area contributed by atoms with Crippen molar-refractivity contribution in [3.05, 3.63) is 17.5 Å². The summed E-state index contributed by atoms with van der Waals surface area (Å²) in [6.45, 7) is 4.99. The average molecular weight is 237 g/mol. The Kier molecular flexibility index (Phi) is 4.84. The smallest absolute Gasteiger partial charge is 0.239 e. The zero-order chi connectivity index (χ0) is 12.8. The summed E-state index contributed by atoms with van der Waals surface area (Å²) < 4.78 is 0. The molecule has 0 saturated heterocycles. The molecule has 1 amide bonds. The maximum absolute atomic E-state index is 11.4. The normalized spacial score (nSPS) is 10.1. The van der Waals surface area contributed by atoms with Gasteiger partial charge in [0, 0.05) is 25.8 Å². The summed E-state index contributed by atoms with van der Waals surface area (Å²) in [5.41, 5.74) is 7.17. The van der Waals surface area contributed by atoms with Crippen molar-refractivity contribution in [2.75, 3.05) is 25.0 Å². The number of likely N-dealkylation sites (N-methyl/N-ethyl adjacent to an activating group) is 2. The molecule has 1 rings (SSSR count). The van der Waals surface area contributed by atoms with Crippen LogP contribution in [0.4, 0.5) is 5.95 Å². The van der Waals surface area contributed by atoms with Crippen LogP contribution < -0.4 is 16.0 Å². The Labute approximate surface area is 101 Å². The van der Waals surface area contributed by atoms with Gasteiger partial charge in [0.15, 0.2) is 0 Å². The predicted molar refractivity (Wildman–Crippen MR) is 66.6 cm³/mol. The summed E-state index contributed by atoms with van der Waals surface area (Å²) in [5, 5.41) is 2.73. The molecule has 0 saturated carbocycles. The van der Waals surface area contributed by atoms with Crippen molar-refractivity contribution in [1.82, 2.24) is 15.3 Å². The van der Waals surface area contributed by atoms with Crippen LogP contribution in [0.5, 0.6) is 0 Å². The molecule has 94 valence electrons. The molecule has 1 aromatic heterocycles. The quantitative estimate of drug-likeness (QED) is 0.742. The first kappa shape index (κ1) is 13.4. The Balaban J connectivity index is 2.77. The molecular weight excluding hydrogens is 218 g/mol. The van der Waals surface area contributed by atoms with Gasteiger partial charge in [-0.05, 0) is 19.9 Å². The first-order valence-electron chi connectivity index (χ1n) is 5.59. The Bertz CT molecular complexity index is 393. The van der Waals surface area contributed by atoms with Crippen molar-refractivity contribution in [2.45, 2.75) is 20.4 Å². The van der Waals surface area contributed by atoms with E-state index in [1.165, 1.54) is 0 Å². The highest BCUT2D eigenvalue weighted by Crippen LogP contribution is 2.08. The van der Waals surface area contributed by atoms with E-state index in [0.29, 0.717) is 19.0 Å². The molecule has 0 aliphatic carbocycles. The Morgan fingerprint density at radius 2 is 2.24 bits per heavy atom. The van der Waals surface area contributed by atoms with Gasteiger partial charge < -0.3 is 16.0 Å². The molecular formula is C11H19N5O. The number of aromatic nitrogens is 2. The van der Waals surface area contributed by atoms with Crippen molar-refractivity contribution in [3.63, 3.8) is 0 Å². The molecule has 0 aliphatic rings. The van der Waals surface area contributed by atoms with Crippen LogP contribution in [0.1, 0.15) is 18.3 Å². The lowest BCUT2D eigenvalue weighted by Crippen LogP contribution is -2.35. The number of nitrogens with two attached hydrogens (primary N) is 1. The monoisotopic (exact) mass is 237 g/mol. The molecule has 0 atom stereocenters. The van der Waals surface area contributed by atoms with E-state index < -0.39 is 0 Å². The molecule has 6 heteroatoms. The third kappa shape index (κ3) is 3.99. The number of nitrogens with one attached hydrogen (secondary N) is 1. The van der Waals surface area contributed by atoms with Crippen LogP contribution in [0.2, 0.25) is 0 Å². The Morgan fingerprint density at radius 1 is 1.53 bits per heavy atom. The Hall–Kier alpha value is -1.69. The van der Waals surface area contributed by atoms with E-state index >= 15 is 0 Å². The van der Waals surface area contributed by atoms with Gasteiger partial charge in [0.25, 0.3) is 0 Å². The number of rotatable bonds is 5. The van der Waals surface area contributed by atoms with Gasteiger partial charge >= 0.3 is 0 Å². The highest BCUT2D eigenvalue weighted by Gasteiger charge is 2.10. The maximum atomic E-state index is 11.4. The fourth-order valence-corrected chi connectivity index (χ4v) is 1.43. The highest BCUT2D eigenvalue weighted by molar-refractivity contribution is 5.80. The number of aryl methyl sites for hydroxylation is 1. The van der Waals surface area contributed by atoms with Crippen LogP contribution in [0.15, 0.2) is 6.07 Å². The standard InChI is InChI=1S/C11H19N5O/c1-4-13-10(17)7-16(3)11-14-8(2)5-9(6-12)15-11/h5H,4,6-7,12H2,1-3H3,(H,13,17). The van der Waals surface area contributed by atoms with Gasteiger partial charge in [0.1, 0.15) is 0 Å². The second kappa shape index (κ2) is 6.15. The summed E-state index contributed by atoms with van der Waals surface area (Å²) in [6.07, 6.45) is 0. The van der Waals surface area contributed by atoms with Crippen molar-refractivity contribution in [3.8, 4) is 0 Å². The number of carbonyl (C=O) groups is 1. The van der Waals surface area contributed by atoms with Gasteiger partial charge in [0.2, 0.25) is 11.9 Å². The molecule has 0 radical (unpaired) electrons. The number of hydrogen-bond donors (Lipinski definition) is 2. The lowest BCUT2D eigenvalue weighted by atomic mass is 10.3. The summed E-state index contributed by atoms with van der Waals surface area (Å²) >= 11 is 0. The van der Waals surface area contributed by atoms with E-state index in [4.69, 9.17) is 5.73 Å². The van der Waals surface area contributed by atoms with E-state index in [9.17, 15) is 4.79 Å². The molecule has 0 aromatic carbocycles. The zero-order valence-electron chi connectivity index (χ0n) is 10.5. The zero-order valence-corrected chi connectivity index (χ0v) is 10.5. The van der Waals surface area contributed by atoms with E-state index in [2.05, 4.69) is 15.3 Å². The van der Waals surface area contributed by atoms with Crippen molar-refractivity contribution >= 4 is 11.9 Å². The minimum absolute atomic E-state index is 0.0468. The largest absolute Gasteiger partial charge is 0.355 e. The van der Waals surface area contributed by atoms with Gasteiger partial charge in [-0.15, -0.1) is 0 Å². The summed E-state index contributed by atoms with van der Waals surface area (Å²) in [5.74, 6) is 0.478. The van der Waals surface area contributed by atoms with E-state index in [1.54, 1.807) is 11.9 Å². The van der Waals surface area contributed by atoms with Crippen LogP contribution in [-0.2, 0) is 11.3 Å². The second-order valence-corrected chi connectivity index (χ2v) is 3.81. The first-order valence-corrected chi connectivity index (χ1v) is 5.59. The highest BCUT2D eigenvalue weighted by atomic mass is 16.2. The molecule has 0 bridgehead atoms. The number of nitrogens with zero attached hydrogens (tertiary/aromatic N) is 3. The fourth-order valence-electron chi connectivity index (χ4n) is 1.43. The van der Waals surface area contributed by atoms with Crippen LogP contribution in [0, 0.1) is 6.92 Å². The molecule has 17 heavy (non-hydrogen) atoms. The van der Waals surface area contributed by atoms with E-state index in [1.807, 2.05) is 19.9 Å². The van der Waals surface area contributed by atoms with Crippen molar-refractivity contribution in [2.24, 2.45) is 5.73 Å². The first-order chi connectivity index (χ1) is 8.06. The summed E-state index contributed by atoms with van der Waals surface area (Å²) in [6, 6.07) is 1.84. The molecule has 1 heterocycles. The predicted octanol–water partition coefficient (Wildman–Crippen LogP) is -0.184. The minimum Gasteiger partial charge on any atom is -0.355 e. The minimum atomic E-state index is -0.0468. The molecule has 0 fully saturated rings. The fraction of sp³-hybridized carbons (Fsp3) is 0.545. The Morgan fingerprint density at radius 3 is 2.82 bits per heavy atom. The van der Waals surface area contributed by atoms with Crippen LogP contribution >= 0.6 is 0 Å². The second-order valence-electron chi connectivity index (χ2n) is 3.81. The molecule has 0 spiro atoms. The van der Waals surface area contributed by atoms with Crippen molar-refractivity contribution in [1.29, 1.82) is 0 Å². The maximum Gasteiger partial charge on any atom is 0.239 e. The lowest BCUT2D eigenvalue weighted by Gasteiger charge is -2.17. The van der Waals surface area contributed by atoms with Gasteiger partial charge in [-0.1, -0.05) is 0 Å². The molecule has 0 aliphatic heterocycles. The number of amides is 1. The van der Waals surface area contributed by atoms with E-state index in [-0.39, 0.29) is 12.5 Å². The topological polar surface area (TPSA) is 84.1 Å². The summed E-state index contributed by atoms with van der Waals surface area (Å²) in [4.78, 5) is 21.7. The van der Waals surface area contributed by atoms with Crippen molar-refractivity contribution < 1.29 is 4.79 Å². The van der Waals surface area contributed by atoms with Crippen LogP contribution in [0.25, 0.3) is 0 Å². The number of carbonyl (C=O) groups excluding carboxylic acids is 1. The van der Waals surface area contributed by atoms with Crippen LogP contribution in [0.3, 0.4) is 0 Å². The molecule has 1 aromatic rings. The van der Waals surface area contributed by atoms with Gasteiger partial charge in [-0.25, -0.2) is 9.97 Å². The SMILES string of the molecule is CCNC(=O)CN(C)c1nc(C)cc(CN)n1. The lowest BCUT2D eigenvalue weighted by molar-refractivity contribution is -0.119. The van der Waals surface area contributed by atoms with Gasteiger partial charge in [0.05, 0.1) is 12.2 Å². The molecule has 3 N–H and O–H groups in total. The van der Waals surface area contributed by atoms with E-state index in [0.717, 1.165) is 11.4 Å². The summed E-state index contributed by atoms with van der Waals surface area (Å²) in [7, 11) is 1.78. The number of hydrogen-bond acceptors (Lipinski definition) is 5. The van der Waals surface area contributed by atoms with Crippen LogP contribution in [-0.4, -0.2) is 36.0 Å². The van der Waals surface area contributed by atoms with Gasteiger partial charge in [-0.2, -0.15) is 0 Å².